The van der Waals surface area contributed by atoms with E-state index >= 15 is 0 Å². The van der Waals surface area contributed by atoms with Crippen molar-refractivity contribution in [3.8, 4) is 0 Å². The Labute approximate surface area is 129 Å². The minimum atomic E-state index is -0.974. The maximum Gasteiger partial charge on any atom is 0.339 e. The van der Waals surface area contributed by atoms with Gasteiger partial charge in [0.05, 0.1) is 5.56 Å². The third-order valence-corrected chi connectivity index (χ3v) is 3.01. The lowest BCUT2D eigenvalue weighted by Crippen LogP contribution is -2.34. The fourth-order valence-electron chi connectivity index (χ4n) is 1.84. The van der Waals surface area contributed by atoms with Crippen LogP contribution in [0, 0.1) is 0 Å². The normalized spacial score (nSPS) is 11.9. The molecule has 4 nitrogen and oxygen atoms in total. The quantitative estimate of drug-likeness (QED) is 0.863. The summed E-state index contributed by atoms with van der Waals surface area (Å²) in [7, 11) is 1.50. The average Bonchev–Trinajstić information content (AvgIpc) is 2.59. The van der Waals surface area contributed by atoms with Crippen molar-refractivity contribution < 1.29 is 14.3 Å². The van der Waals surface area contributed by atoms with Crippen LogP contribution in [0.15, 0.2) is 66.7 Å². The zero-order chi connectivity index (χ0) is 15.8. The van der Waals surface area contributed by atoms with Crippen LogP contribution in [-0.2, 0) is 9.53 Å². The highest BCUT2D eigenvalue weighted by Gasteiger charge is 2.19. The minimum absolute atomic E-state index is 0.378. The summed E-state index contributed by atoms with van der Waals surface area (Å²) in [4.78, 5) is 23.9. The van der Waals surface area contributed by atoms with Crippen molar-refractivity contribution in [2.45, 2.75) is 6.10 Å². The number of nitrogens with one attached hydrogen (secondary N) is 1. The lowest BCUT2D eigenvalue weighted by Gasteiger charge is -2.13. The van der Waals surface area contributed by atoms with Crippen LogP contribution in [-0.4, -0.2) is 25.0 Å². The number of carbonyl (C=O) groups excluding carboxylic acids is 2. The molecule has 0 saturated carbocycles. The summed E-state index contributed by atoms with van der Waals surface area (Å²) in [6.07, 6.45) is 2.34. The molecular formula is C18H17NO3. The second-order valence-electron chi connectivity index (χ2n) is 4.58. The maximum absolute atomic E-state index is 12.1. The molecule has 22 heavy (non-hydrogen) atoms. The largest absolute Gasteiger partial charge is 0.444 e. The van der Waals surface area contributed by atoms with Gasteiger partial charge in [-0.25, -0.2) is 4.79 Å². The van der Waals surface area contributed by atoms with Crippen LogP contribution in [0.5, 0.6) is 0 Å². The van der Waals surface area contributed by atoms with Gasteiger partial charge in [-0.1, -0.05) is 54.6 Å². The number of carbonyl (C=O) groups is 2. The highest BCUT2D eigenvalue weighted by atomic mass is 16.5. The Balaban J connectivity index is 2.12. The van der Waals surface area contributed by atoms with E-state index in [1.54, 1.807) is 36.4 Å². The summed E-state index contributed by atoms with van der Waals surface area (Å²) in [5, 5.41) is 2.49. The Morgan fingerprint density at radius 1 is 1.00 bits per heavy atom. The van der Waals surface area contributed by atoms with Crippen LogP contribution >= 0.6 is 0 Å². The summed E-state index contributed by atoms with van der Waals surface area (Å²) in [5.41, 5.74) is 1.33. The second kappa shape index (κ2) is 7.78. The molecule has 1 atom stereocenters. The Bertz CT molecular complexity index is 651. The van der Waals surface area contributed by atoms with Crippen molar-refractivity contribution in [2.24, 2.45) is 0 Å². The molecule has 0 heterocycles. The second-order valence-corrected chi connectivity index (χ2v) is 4.58. The summed E-state index contributed by atoms with van der Waals surface area (Å²) in [6, 6.07) is 18.1. The number of benzene rings is 2. The van der Waals surface area contributed by atoms with E-state index in [2.05, 4.69) is 5.32 Å². The number of amides is 1. The molecule has 0 aliphatic heterocycles. The molecule has 0 fully saturated rings. The first-order chi connectivity index (χ1) is 10.7. The predicted molar refractivity (Wildman–Crippen MR) is 85.2 cm³/mol. The van der Waals surface area contributed by atoms with E-state index in [9.17, 15) is 9.59 Å². The van der Waals surface area contributed by atoms with Crippen molar-refractivity contribution in [2.75, 3.05) is 7.05 Å². The zero-order valence-corrected chi connectivity index (χ0v) is 12.2. The third kappa shape index (κ3) is 4.31. The number of hydrogen-bond acceptors (Lipinski definition) is 3. The van der Waals surface area contributed by atoms with Gasteiger partial charge in [0.2, 0.25) is 0 Å². The topological polar surface area (TPSA) is 55.4 Å². The molecule has 112 valence electrons. The van der Waals surface area contributed by atoms with Gasteiger partial charge >= 0.3 is 5.97 Å². The van der Waals surface area contributed by atoms with E-state index in [4.69, 9.17) is 4.74 Å². The van der Waals surface area contributed by atoms with E-state index in [0.29, 0.717) is 5.56 Å². The Morgan fingerprint density at radius 3 is 2.18 bits per heavy atom. The first-order valence-electron chi connectivity index (χ1n) is 6.91. The number of hydrogen-bond donors (Lipinski definition) is 1. The fourth-order valence-corrected chi connectivity index (χ4v) is 1.84. The van der Waals surface area contributed by atoms with Crippen molar-refractivity contribution in [3.05, 3.63) is 77.9 Å². The molecule has 0 aliphatic carbocycles. The summed E-state index contributed by atoms with van der Waals surface area (Å²) < 4.78 is 5.27. The van der Waals surface area contributed by atoms with E-state index in [1.165, 1.54) is 7.05 Å². The Kier molecular flexibility index (Phi) is 5.49. The fraction of sp³-hybridized carbons (Fsp3) is 0.111. The van der Waals surface area contributed by atoms with Gasteiger partial charge < -0.3 is 10.1 Å². The van der Waals surface area contributed by atoms with Crippen molar-refractivity contribution in [1.29, 1.82) is 0 Å². The first kappa shape index (κ1) is 15.5. The molecule has 0 aliphatic rings. The van der Waals surface area contributed by atoms with Crippen LogP contribution in [0.4, 0.5) is 0 Å². The molecule has 1 amide bonds. The molecule has 2 rings (SSSR count). The SMILES string of the molecule is CNC(=O)C(/C=C/c1ccccc1)OC(=O)c1ccccc1. The standard InChI is InChI=1S/C18H17NO3/c1-19-17(20)16(13-12-14-8-4-2-5-9-14)22-18(21)15-10-6-3-7-11-15/h2-13,16H,1H3,(H,19,20)/b13-12+. The number of ether oxygens (including phenoxy) is 1. The molecule has 0 aromatic heterocycles. The van der Waals surface area contributed by atoms with Gasteiger partial charge in [-0.3, -0.25) is 4.79 Å². The molecule has 2 aromatic rings. The van der Waals surface area contributed by atoms with E-state index in [1.807, 2.05) is 36.4 Å². The van der Waals surface area contributed by atoms with E-state index in [-0.39, 0.29) is 5.91 Å². The van der Waals surface area contributed by atoms with Gasteiger partial charge in [-0.2, -0.15) is 0 Å². The summed E-state index contributed by atoms with van der Waals surface area (Å²) in [6.45, 7) is 0. The molecule has 4 heteroatoms. The van der Waals surface area contributed by atoms with Gasteiger partial charge in [0.15, 0.2) is 6.10 Å². The molecule has 1 unspecified atom stereocenters. The molecule has 0 spiro atoms. The number of esters is 1. The highest BCUT2D eigenvalue weighted by molar-refractivity contribution is 5.93. The minimum Gasteiger partial charge on any atom is -0.444 e. The highest BCUT2D eigenvalue weighted by Crippen LogP contribution is 2.08. The van der Waals surface area contributed by atoms with Crippen LogP contribution in [0.25, 0.3) is 6.08 Å². The lowest BCUT2D eigenvalue weighted by molar-refractivity contribution is -0.127. The zero-order valence-electron chi connectivity index (χ0n) is 12.2. The third-order valence-electron chi connectivity index (χ3n) is 3.01. The van der Waals surface area contributed by atoms with Crippen LogP contribution < -0.4 is 5.32 Å². The predicted octanol–water partition coefficient (Wildman–Crippen LogP) is 2.67. The van der Waals surface area contributed by atoms with Gasteiger partial charge in [0, 0.05) is 7.05 Å². The molecule has 2 aromatic carbocycles. The summed E-state index contributed by atoms with van der Waals surface area (Å²) >= 11 is 0. The Morgan fingerprint density at radius 2 is 1.59 bits per heavy atom. The van der Waals surface area contributed by atoms with Crippen molar-refractivity contribution in [3.63, 3.8) is 0 Å². The van der Waals surface area contributed by atoms with Gasteiger partial charge in [0.1, 0.15) is 0 Å². The van der Waals surface area contributed by atoms with Crippen molar-refractivity contribution >= 4 is 18.0 Å². The smallest absolute Gasteiger partial charge is 0.339 e. The van der Waals surface area contributed by atoms with Gasteiger partial charge in [-0.05, 0) is 23.8 Å². The molecule has 0 bridgehead atoms. The first-order valence-corrected chi connectivity index (χ1v) is 6.91. The summed E-state index contributed by atoms with van der Waals surface area (Å²) in [5.74, 6) is -0.914. The van der Waals surface area contributed by atoms with Gasteiger partial charge in [-0.15, -0.1) is 0 Å². The van der Waals surface area contributed by atoms with Gasteiger partial charge in [0.25, 0.3) is 5.91 Å². The van der Waals surface area contributed by atoms with E-state index in [0.717, 1.165) is 5.56 Å². The van der Waals surface area contributed by atoms with Crippen LogP contribution in [0.2, 0.25) is 0 Å². The maximum atomic E-state index is 12.1. The monoisotopic (exact) mass is 295 g/mol. The van der Waals surface area contributed by atoms with Crippen LogP contribution in [0.1, 0.15) is 15.9 Å². The molecule has 0 saturated heterocycles. The average molecular weight is 295 g/mol. The van der Waals surface area contributed by atoms with Crippen LogP contribution in [0.3, 0.4) is 0 Å². The van der Waals surface area contributed by atoms with Crippen molar-refractivity contribution in [1.82, 2.24) is 5.32 Å². The van der Waals surface area contributed by atoms with E-state index < -0.39 is 12.1 Å². The number of rotatable bonds is 5. The lowest BCUT2D eigenvalue weighted by atomic mass is 10.2. The molecule has 0 radical (unpaired) electrons. The molecular weight excluding hydrogens is 278 g/mol. The number of likely N-dealkylation sites (N-methyl/N-ethyl adjacent to an activating group) is 1. The Hall–Kier alpha value is -2.88. The molecule has 1 N–H and O–H groups in total.